The van der Waals surface area contributed by atoms with E-state index >= 15 is 0 Å². The Balaban J connectivity index is 0.00000324. The van der Waals surface area contributed by atoms with Gasteiger partial charge in [0.05, 0.1) is 10.6 Å². The third-order valence-corrected chi connectivity index (χ3v) is 3.13. The van der Waals surface area contributed by atoms with Crippen LogP contribution in [-0.4, -0.2) is 30.9 Å². The highest BCUT2D eigenvalue weighted by Gasteiger charge is 2.23. The Morgan fingerprint density at radius 3 is 2.58 bits per heavy atom. The van der Waals surface area contributed by atoms with Gasteiger partial charge in [-0.1, -0.05) is 31.5 Å². The predicted octanol–water partition coefficient (Wildman–Crippen LogP) is 2.96. The Morgan fingerprint density at radius 1 is 1.47 bits per heavy atom. The summed E-state index contributed by atoms with van der Waals surface area (Å²) in [6, 6.07) is 4.21. The van der Waals surface area contributed by atoms with Gasteiger partial charge in [-0.2, -0.15) is 0 Å². The Kier molecular flexibility index (Phi) is 6.77. The Hall–Kier alpha value is -0.840. The maximum Gasteiger partial charge on any atom is 0.255 e. The number of nitrogens with zero attached hydrogens (tertiary/aromatic N) is 1. The molecule has 0 spiro atoms. The third kappa shape index (κ3) is 4.64. The normalized spacial score (nSPS) is 10.8. The summed E-state index contributed by atoms with van der Waals surface area (Å²) in [6.07, 6.45) is 0. The molecule has 0 aliphatic carbocycles. The summed E-state index contributed by atoms with van der Waals surface area (Å²) in [5, 5.41) is -0.139. The molecule has 3 nitrogen and oxygen atoms in total. The van der Waals surface area contributed by atoms with Crippen molar-refractivity contribution < 1.29 is 9.18 Å². The van der Waals surface area contributed by atoms with Crippen LogP contribution < -0.4 is 5.73 Å². The van der Waals surface area contributed by atoms with Gasteiger partial charge < -0.3 is 10.6 Å². The minimum absolute atomic E-state index is 0. The fourth-order valence-corrected chi connectivity index (χ4v) is 1.86. The maximum atomic E-state index is 13.3. The summed E-state index contributed by atoms with van der Waals surface area (Å²) >= 11 is 5.79. The molecular formula is C13H19Cl2FN2O. The molecule has 0 bridgehead atoms. The maximum absolute atomic E-state index is 13.3. The summed E-state index contributed by atoms with van der Waals surface area (Å²) in [5.41, 5.74) is 5.61. The molecule has 19 heavy (non-hydrogen) atoms. The van der Waals surface area contributed by atoms with Gasteiger partial charge in [0.15, 0.2) is 0 Å². The number of hydrogen-bond donors (Lipinski definition) is 1. The molecule has 0 unspecified atom stereocenters. The Labute approximate surface area is 124 Å². The molecule has 0 aliphatic heterocycles. The number of benzene rings is 1. The minimum atomic E-state index is -0.589. The first kappa shape index (κ1) is 18.2. The van der Waals surface area contributed by atoms with E-state index in [-0.39, 0.29) is 34.3 Å². The lowest BCUT2D eigenvalue weighted by Crippen LogP contribution is -2.39. The Bertz CT molecular complexity index is 452. The van der Waals surface area contributed by atoms with Crippen LogP contribution in [0.2, 0.25) is 5.02 Å². The van der Waals surface area contributed by atoms with E-state index in [1.807, 2.05) is 13.8 Å². The highest BCUT2D eigenvalue weighted by atomic mass is 35.5. The molecule has 0 aliphatic rings. The zero-order valence-electron chi connectivity index (χ0n) is 11.2. The molecule has 1 rings (SSSR count). The van der Waals surface area contributed by atoms with Crippen molar-refractivity contribution in [2.75, 3.05) is 20.1 Å². The van der Waals surface area contributed by atoms with E-state index in [9.17, 15) is 9.18 Å². The molecule has 0 heterocycles. The van der Waals surface area contributed by atoms with Crippen molar-refractivity contribution in [1.29, 1.82) is 0 Å². The number of nitrogens with two attached hydrogens (primary N) is 1. The topological polar surface area (TPSA) is 46.3 Å². The van der Waals surface area contributed by atoms with Gasteiger partial charge in [-0.05, 0) is 24.1 Å². The average Bonchev–Trinajstić information content (AvgIpc) is 2.31. The van der Waals surface area contributed by atoms with Crippen molar-refractivity contribution in [1.82, 2.24) is 4.90 Å². The zero-order valence-corrected chi connectivity index (χ0v) is 12.8. The highest BCUT2D eigenvalue weighted by molar-refractivity contribution is 6.33. The van der Waals surface area contributed by atoms with E-state index in [4.69, 9.17) is 17.3 Å². The molecular weight excluding hydrogens is 290 g/mol. The molecule has 0 saturated carbocycles. The lowest BCUT2D eigenvalue weighted by molar-refractivity contribution is 0.0740. The van der Waals surface area contributed by atoms with Crippen molar-refractivity contribution in [2.45, 2.75) is 13.8 Å². The number of carbonyl (C=O) groups excluding carboxylic acids is 1. The van der Waals surface area contributed by atoms with Gasteiger partial charge >= 0.3 is 0 Å². The lowest BCUT2D eigenvalue weighted by atomic mass is 9.93. The molecule has 0 atom stereocenters. The van der Waals surface area contributed by atoms with E-state index in [2.05, 4.69) is 0 Å². The van der Waals surface area contributed by atoms with Gasteiger partial charge in [0.2, 0.25) is 0 Å². The number of hydrogen-bond acceptors (Lipinski definition) is 2. The molecule has 0 radical (unpaired) electrons. The largest absolute Gasteiger partial charge is 0.341 e. The van der Waals surface area contributed by atoms with E-state index in [0.29, 0.717) is 13.1 Å². The standard InChI is InChI=1S/C13H18ClFN2O.ClH/c1-13(2,7-16)8-17(3)12(18)9-5-4-6-10(15)11(9)14;/h4-6H,7-8,16H2,1-3H3;1H. The molecule has 2 N–H and O–H groups in total. The van der Waals surface area contributed by atoms with E-state index < -0.39 is 5.82 Å². The van der Waals surface area contributed by atoms with Gasteiger partial charge in [0.1, 0.15) is 5.82 Å². The number of halogens is 3. The summed E-state index contributed by atoms with van der Waals surface area (Å²) in [6.45, 7) is 4.87. The van der Waals surface area contributed by atoms with Crippen LogP contribution >= 0.6 is 24.0 Å². The molecule has 0 aromatic heterocycles. The van der Waals surface area contributed by atoms with Crippen molar-refractivity contribution in [3.63, 3.8) is 0 Å². The minimum Gasteiger partial charge on any atom is -0.341 e. The molecule has 1 amide bonds. The third-order valence-electron chi connectivity index (χ3n) is 2.75. The fourth-order valence-electron chi connectivity index (χ4n) is 1.65. The smallest absolute Gasteiger partial charge is 0.255 e. The van der Waals surface area contributed by atoms with Gasteiger partial charge in [0.25, 0.3) is 5.91 Å². The van der Waals surface area contributed by atoms with Gasteiger partial charge in [-0.15, -0.1) is 12.4 Å². The monoisotopic (exact) mass is 308 g/mol. The van der Waals surface area contributed by atoms with E-state index in [1.165, 1.54) is 23.1 Å². The van der Waals surface area contributed by atoms with Crippen molar-refractivity contribution in [3.8, 4) is 0 Å². The SMILES string of the molecule is CN(CC(C)(C)CN)C(=O)c1cccc(F)c1Cl.Cl. The molecule has 108 valence electrons. The van der Waals surface area contributed by atoms with Crippen LogP contribution in [0.15, 0.2) is 18.2 Å². The molecule has 6 heteroatoms. The number of carbonyl (C=O) groups is 1. The zero-order chi connectivity index (χ0) is 13.9. The van der Waals surface area contributed by atoms with Crippen LogP contribution in [0.4, 0.5) is 4.39 Å². The summed E-state index contributed by atoms with van der Waals surface area (Å²) in [4.78, 5) is 13.7. The fraction of sp³-hybridized carbons (Fsp3) is 0.462. The van der Waals surface area contributed by atoms with Crippen LogP contribution in [0.25, 0.3) is 0 Å². The molecule has 0 fully saturated rings. The summed E-state index contributed by atoms with van der Waals surface area (Å²) in [7, 11) is 1.65. The number of rotatable bonds is 4. The summed E-state index contributed by atoms with van der Waals surface area (Å²) in [5.74, 6) is -0.893. The second-order valence-corrected chi connectivity index (χ2v) is 5.51. The number of amides is 1. The molecule has 0 saturated heterocycles. The lowest BCUT2D eigenvalue weighted by Gasteiger charge is -2.29. The average molecular weight is 309 g/mol. The highest BCUT2D eigenvalue weighted by Crippen LogP contribution is 2.22. The van der Waals surface area contributed by atoms with Crippen LogP contribution in [-0.2, 0) is 0 Å². The van der Waals surface area contributed by atoms with Gasteiger partial charge in [0, 0.05) is 13.6 Å². The van der Waals surface area contributed by atoms with Crippen LogP contribution in [0.5, 0.6) is 0 Å². The van der Waals surface area contributed by atoms with Crippen LogP contribution in [0, 0.1) is 11.2 Å². The first-order chi connectivity index (χ1) is 8.28. The second-order valence-electron chi connectivity index (χ2n) is 5.13. The van der Waals surface area contributed by atoms with E-state index in [0.717, 1.165) is 0 Å². The quantitative estimate of drug-likeness (QED) is 0.929. The van der Waals surface area contributed by atoms with Gasteiger partial charge in [-0.25, -0.2) is 4.39 Å². The first-order valence-electron chi connectivity index (χ1n) is 5.68. The molecule has 1 aromatic carbocycles. The predicted molar refractivity (Wildman–Crippen MR) is 78.5 cm³/mol. The van der Waals surface area contributed by atoms with Crippen molar-refractivity contribution in [3.05, 3.63) is 34.6 Å². The molecule has 1 aromatic rings. The summed E-state index contributed by atoms with van der Waals surface area (Å²) < 4.78 is 13.3. The van der Waals surface area contributed by atoms with Crippen LogP contribution in [0.3, 0.4) is 0 Å². The second kappa shape index (κ2) is 7.08. The first-order valence-corrected chi connectivity index (χ1v) is 6.06. The van der Waals surface area contributed by atoms with Crippen molar-refractivity contribution >= 4 is 29.9 Å². The van der Waals surface area contributed by atoms with E-state index in [1.54, 1.807) is 7.05 Å². The Morgan fingerprint density at radius 2 is 2.05 bits per heavy atom. The van der Waals surface area contributed by atoms with Gasteiger partial charge in [-0.3, -0.25) is 4.79 Å². The van der Waals surface area contributed by atoms with Crippen molar-refractivity contribution in [2.24, 2.45) is 11.1 Å². The van der Waals surface area contributed by atoms with Crippen LogP contribution in [0.1, 0.15) is 24.2 Å².